The van der Waals surface area contributed by atoms with Gasteiger partial charge < -0.3 is 9.47 Å². The van der Waals surface area contributed by atoms with Crippen molar-refractivity contribution in [2.75, 3.05) is 6.54 Å². The molecular weight excluding hydrogens is 314 g/mol. The Morgan fingerprint density at radius 1 is 1.28 bits per heavy atom. The van der Waals surface area contributed by atoms with Crippen LogP contribution in [-0.4, -0.2) is 37.1 Å². The van der Waals surface area contributed by atoms with Gasteiger partial charge in [-0.1, -0.05) is 12.1 Å². The number of nitrogens with one attached hydrogen (secondary N) is 1. The van der Waals surface area contributed by atoms with Gasteiger partial charge in [0.05, 0.1) is 6.04 Å². The Morgan fingerprint density at radius 3 is 2.88 bits per heavy atom. The second kappa shape index (κ2) is 6.20. The van der Waals surface area contributed by atoms with E-state index in [2.05, 4.69) is 25.8 Å². The molecule has 1 atom stereocenters. The summed E-state index contributed by atoms with van der Waals surface area (Å²) in [5, 5.41) is 7.03. The van der Waals surface area contributed by atoms with Crippen LogP contribution < -0.4 is 0 Å². The molecule has 3 heterocycles. The molecule has 1 aliphatic rings. The van der Waals surface area contributed by atoms with Gasteiger partial charge in [0.1, 0.15) is 5.82 Å². The van der Waals surface area contributed by atoms with Gasteiger partial charge in [0.2, 0.25) is 0 Å². The van der Waals surface area contributed by atoms with E-state index in [0.717, 1.165) is 30.8 Å². The highest BCUT2D eigenvalue weighted by molar-refractivity contribution is 5.95. The van der Waals surface area contributed by atoms with Crippen LogP contribution in [0.4, 0.5) is 0 Å². The van der Waals surface area contributed by atoms with E-state index in [4.69, 9.17) is 0 Å². The first-order chi connectivity index (χ1) is 12.1. The number of amides is 1. The fourth-order valence-electron chi connectivity index (χ4n) is 3.57. The van der Waals surface area contributed by atoms with E-state index >= 15 is 0 Å². The van der Waals surface area contributed by atoms with Crippen LogP contribution >= 0.6 is 0 Å². The summed E-state index contributed by atoms with van der Waals surface area (Å²) in [4.78, 5) is 19.5. The van der Waals surface area contributed by atoms with E-state index in [1.165, 1.54) is 5.69 Å². The molecule has 1 saturated heterocycles. The number of aromatic amines is 1. The number of carbonyl (C=O) groups is 1. The van der Waals surface area contributed by atoms with Crippen LogP contribution in [0.3, 0.4) is 0 Å². The van der Waals surface area contributed by atoms with Gasteiger partial charge in [-0.2, -0.15) is 5.10 Å². The lowest BCUT2D eigenvalue weighted by Crippen LogP contribution is -2.31. The Bertz CT molecular complexity index is 910. The normalized spacial score (nSPS) is 17.2. The molecule has 0 unspecified atom stereocenters. The second-order valence-electron chi connectivity index (χ2n) is 6.53. The van der Waals surface area contributed by atoms with Crippen molar-refractivity contribution in [1.29, 1.82) is 0 Å². The average molecular weight is 335 g/mol. The molecule has 25 heavy (non-hydrogen) atoms. The van der Waals surface area contributed by atoms with Crippen molar-refractivity contribution in [3.8, 4) is 11.4 Å². The van der Waals surface area contributed by atoms with Crippen molar-refractivity contribution in [2.24, 2.45) is 7.05 Å². The molecule has 0 radical (unpaired) electrons. The van der Waals surface area contributed by atoms with Crippen LogP contribution in [0.25, 0.3) is 11.4 Å². The predicted molar refractivity (Wildman–Crippen MR) is 95.0 cm³/mol. The molecule has 128 valence electrons. The zero-order chi connectivity index (χ0) is 17.4. The fourth-order valence-corrected chi connectivity index (χ4v) is 3.57. The van der Waals surface area contributed by atoms with Crippen LogP contribution in [0, 0.1) is 6.92 Å². The third kappa shape index (κ3) is 2.84. The van der Waals surface area contributed by atoms with Crippen molar-refractivity contribution in [3.63, 3.8) is 0 Å². The van der Waals surface area contributed by atoms with Crippen LogP contribution in [0.15, 0.2) is 42.6 Å². The van der Waals surface area contributed by atoms with Crippen molar-refractivity contribution in [3.05, 3.63) is 59.7 Å². The van der Waals surface area contributed by atoms with Crippen molar-refractivity contribution in [1.82, 2.24) is 24.6 Å². The van der Waals surface area contributed by atoms with Crippen molar-refractivity contribution >= 4 is 5.91 Å². The van der Waals surface area contributed by atoms with Crippen LogP contribution in [0.2, 0.25) is 0 Å². The minimum Gasteiger partial charge on any atom is -0.353 e. The Morgan fingerprint density at radius 2 is 2.16 bits per heavy atom. The molecule has 4 rings (SSSR count). The molecule has 0 bridgehead atoms. The summed E-state index contributed by atoms with van der Waals surface area (Å²) in [6.45, 7) is 2.65. The molecule has 1 fully saturated rings. The largest absolute Gasteiger partial charge is 0.353 e. The Kier molecular flexibility index (Phi) is 3.87. The quantitative estimate of drug-likeness (QED) is 0.800. The summed E-state index contributed by atoms with van der Waals surface area (Å²) in [5.41, 5.74) is 2.72. The number of likely N-dealkylation sites (tertiary alicyclic amines) is 1. The minimum absolute atomic E-state index is 0.0674. The molecule has 0 saturated carbocycles. The lowest BCUT2D eigenvalue weighted by Gasteiger charge is -2.25. The van der Waals surface area contributed by atoms with Gasteiger partial charge in [0.25, 0.3) is 5.91 Å². The molecule has 1 amide bonds. The number of aromatic nitrogens is 4. The molecule has 3 aromatic rings. The third-order valence-corrected chi connectivity index (χ3v) is 4.80. The first-order valence-electron chi connectivity index (χ1n) is 8.55. The van der Waals surface area contributed by atoms with E-state index in [1.807, 2.05) is 55.4 Å². The van der Waals surface area contributed by atoms with E-state index in [9.17, 15) is 4.79 Å². The average Bonchev–Trinajstić information content (AvgIpc) is 3.34. The fraction of sp³-hybridized carbons (Fsp3) is 0.316. The minimum atomic E-state index is 0.0674. The first-order valence-corrected chi connectivity index (χ1v) is 8.55. The van der Waals surface area contributed by atoms with Gasteiger partial charge >= 0.3 is 0 Å². The van der Waals surface area contributed by atoms with Gasteiger partial charge in [0, 0.05) is 36.6 Å². The summed E-state index contributed by atoms with van der Waals surface area (Å²) >= 11 is 0. The van der Waals surface area contributed by atoms with Gasteiger partial charge in [-0.3, -0.25) is 9.89 Å². The number of nitrogens with zero attached hydrogens (tertiary/aromatic N) is 4. The maximum atomic E-state index is 13.1. The Hall–Kier alpha value is -2.89. The molecule has 1 aliphatic heterocycles. The Labute approximate surface area is 146 Å². The monoisotopic (exact) mass is 335 g/mol. The molecule has 6 nitrogen and oxygen atoms in total. The SMILES string of the molecule is Cc1nc(-c2cccc(C(=O)N3CCC[C@H]3c3cccn3C)c2)n[nH]1. The maximum absolute atomic E-state index is 13.1. The smallest absolute Gasteiger partial charge is 0.254 e. The number of H-pyrrole nitrogens is 1. The number of aryl methyl sites for hydroxylation is 2. The van der Waals surface area contributed by atoms with Gasteiger partial charge in [0.15, 0.2) is 5.82 Å². The zero-order valence-corrected chi connectivity index (χ0v) is 14.4. The molecule has 6 heteroatoms. The van der Waals surface area contributed by atoms with E-state index < -0.39 is 0 Å². The summed E-state index contributed by atoms with van der Waals surface area (Å²) in [7, 11) is 2.03. The number of hydrogen-bond donors (Lipinski definition) is 1. The number of benzene rings is 1. The zero-order valence-electron chi connectivity index (χ0n) is 14.4. The standard InChI is InChI=1S/C19H21N5O/c1-13-20-18(22-21-13)14-6-3-7-15(12-14)19(25)24-11-5-9-17(24)16-8-4-10-23(16)2/h3-4,6-8,10,12,17H,5,9,11H2,1-2H3,(H,20,21,22)/t17-/m0/s1. The summed E-state index contributed by atoms with van der Waals surface area (Å²) < 4.78 is 2.10. The van der Waals surface area contributed by atoms with Crippen molar-refractivity contribution in [2.45, 2.75) is 25.8 Å². The number of rotatable bonds is 3. The lowest BCUT2D eigenvalue weighted by molar-refractivity contribution is 0.0731. The van der Waals surface area contributed by atoms with E-state index in [1.54, 1.807) is 0 Å². The maximum Gasteiger partial charge on any atom is 0.254 e. The van der Waals surface area contributed by atoms with E-state index in [-0.39, 0.29) is 11.9 Å². The second-order valence-corrected chi connectivity index (χ2v) is 6.53. The molecule has 0 spiro atoms. The highest BCUT2D eigenvalue weighted by atomic mass is 16.2. The van der Waals surface area contributed by atoms with Gasteiger partial charge in [-0.15, -0.1) is 0 Å². The number of carbonyl (C=O) groups excluding carboxylic acids is 1. The molecule has 2 aromatic heterocycles. The summed E-state index contributed by atoms with van der Waals surface area (Å²) in [5.74, 6) is 1.44. The van der Waals surface area contributed by atoms with E-state index in [0.29, 0.717) is 11.4 Å². The topological polar surface area (TPSA) is 66.8 Å². The summed E-state index contributed by atoms with van der Waals surface area (Å²) in [6, 6.07) is 11.8. The van der Waals surface area contributed by atoms with Gasteiger partial charge in [-0.05, 0) is 44.0 Å². The molecular formula is C19H21N5O. The summed E-state index contributed by atoms with van der Waals surface area (Å²) in [6.07, 6.45) is 4.06. The van der Waals surface area contributed by atoms with Crippen molar-refractivity contribution < 1.29 is 4.79 Å². The van der Waals surface area contributed by atoms with Crippen LogP contribution in [-0.2, 0) is 7.05 Å². The van der Waals surface area contributed by atoms with Gasteiger partial charge in [-0.25, -0.2) is 4.98 Å². The number of hydrogen-bond acceptors (Lipinski definition) is 3. The lowest BCUT2D eigenvalue weighted by atomic mass is 10.1. The Balaban J connectivity index is 1.63. The highest BCUT2D eigenvalue weighted by Gasteiger charge is 2.32. The van der Waals surface area contributed by atoms with Crippen LogP contribution in [0.5, 0.6) is 0 Å². The molecule has 1 aromatic carbocycles. The highest BCUT2D eigenvalue weighted by Crippen LogP contribution is 2.33. The van der Waals surface area contributed by atoms with Crippen LogP contribution in [0.1, 0.15) is 40.8 Å². The molecule has 0 aliphatic carbocycles. The first kappa shape index (κ1) is 15.6. The third-order valence-electron chi connectivity index (χ3n) is 4.80. The molecule has 1 N–H and O–H groups in total. The predicted octanol–water partition coefficient (Wildman–Crippen LogP) is 3.10.